The summed E-state index contributed by atoms with van der Waals surface area (Å²) >= 11 is 0. The molecular formula is C83H144O17P2. The number of phosphoric acid groups is 2. The Balaban J connectivity index is 5.40. The van der Waals surface area contributed by atoms with Gasteiger partial charge in [0.2, 0.25) is 0 Å². The molecule has 588 valence electrons. The van der Waals surface area contributed by atoms with E-state index in [1.54, 1.807) is 12.2 Å². The van der Waals surface area contributed by atoms with Gasteiger partial charge in [0.15, 0.2) is 12.2 Å². The molecule has 5 atom stereocenters. The number of allylic oxidation sites excluding steroid dienone is 17. The van der Waals surface area contributed by atoms with Crippen molar-refractivity contribution in [2.24, 2.45) is 0 Å². The number of hydrogen-bond acceptors (Lipinski definition) is 15. The smallest absolute Gasteiger partial charge is 0.462 e. The summed E-state index contributed by atoms with van der Waals surface area (Å²) in [6.45, 7) is 4.62. The van der Waals surface area contributed by atoms with E-state index in [1.165, 1.54) is 116 Å². The summed E-state index contributed by atoms with van der Waals surface area (Å²) in [6.07, 6.45) is 81.0. The highest BCUT2D eigenvalue weighted by Crippen LogP contribution is 2.45. The van der Waals surface area contributed by atoms with E-state index in [9.17, 15) is 43.2 Å². The lowest BCUT2D eigenvalue weighted by Crippen LogP contribution is -2.30. The Morgan fingerprint density at radius 1 is 0.294 bits per heavy atom. The predicted molar refractivity (Wildman–Crippen MR) is 418 cm³/mol. The van der Waals surface area contributed by atoms with Crippen LogP contribution in [0.5, 0.6) is 0 Å². The van der Waals surface area contributed by atoms with Crippen LogP contribution in [0, 0.1) is 0 Å². The zero-order chi connectivity index (χ0) is 74.6. The van der Waals surface area contributed by atoms with Gasteiger partial charge < -0.3 is 33.8 Å². The van der Waals surface area contributed by atoms with Crippen molar-refractivity contribution in [3.05, 3.63) is 109 Å². The molecule has 102 heavy (non-hydrogen) atoms. The quantitative estimate of drug-likeness (QED) is 0.0169. The van der Waals surface area contributed by atoms with Crippen LogP contribution in [-0.2, 0) is 65.4 Å². The highest BCUT2D eigenvalue weighted by atomic mass is 31.2. The second-order valence-corrected chi connectivity index (χ2v) is 29.6. The highest BCUT2D eigenvalue weighted by Gasteiger charge is 2.30. The standard InChI is InChI=1S/C83H144O17P2/c1-5-9-13-17-21-25-29-33-36-37-38-39-42-45-48-52-56-60-64-68-81(86)94-74-79(100-83(88)70-66-62-58-54-50-46-41-35-31-27-23-19-15-11-7-3)76-98-102(91,92)96-72-77(84)71-95-101(89,90)97-75-78(99-82(87)69-65-61-57-53-49-43-32-28-24-20-16-12-8-4)73-93-80(85)67-63-59-55-51-47-44-40-34-30-26-22-18-14-10-6-2/h11,15,21,23,25,27-28,32-33,35-36,38-39,41,50,54,62,66,77-79,84H,5-10,12-14,16-20,22,24,26,29-31,34,37,40,42-49,51-53,55-61,63-65,67-76H2,1-4H3,(H,89,90)(H,91,92)/b15-11-,25-21-,27-23-,32-28-,36-33-,39-38-,41-35-,54-50-,66-62-. The van der Waals surface area contributed by atoms with Crippen molar-refractivity contribution >= 4 is 39.5 Å². The Hall–Kier alpha value is -4.28. The van der Waals surface area contributed by atoms with E-state index < -0.39 is 97.5 Å². The maximum Gasteiger partial charge on any atom is 0.472 e. The van der Waals surface area contributed by atoms with Gasteiger partial charge in [-0.25, -0.2) is 9.13 Å². The van der Waals surface area contributed by atoms with E-state index in [-0.39, 0.29) is 25.7 Å². The van der Waals surface area contributed by atoms with Crippen molar-refractivity contribution in [2.45, 2.75) is 354 Å². The molecule has 0 saturated heterocycles. The van der Waals surface area contributed by atoms with Crippen LogP contribution in [0.4, 0.5) is 0 Å². The fourth-order valence-corrected chi connectivity index (χ4v) is 12.2. The van der Waals surface area contributed by atoms with E-state index in [2.05, 4.69) is 113 Å². The van der Waals surface area contributed by atoms with E-state index >= 15 is 0 Å². The van der Waals surface area contributed by atoms with Crippen molar-refractivity contribution in [3.63, 3.8) is 0 Å². The van der Waals surface area contributed by atoms with Gasteiger partial charge >= 0.3 is 39.5 Å². The molecule has 17 nitrogen and oxygen atoms in total. The number of carbonyl (C=O) groups excluding carboxylic acids is 4. The molecule has 0 aliphatic carbocycles. The molecule has 0 amide bonds. The van der Waals surface area contributed by atoms with Gasteiger partial charge in [-0.3, -0.25) is 37.3 Å². The maximum atomic E-state index is 13.1. The van der Waals surface area contributed by atoms with Gasteiger partial charge in [0.1, 0.15) is 19.3 Å². The number of phosphoric ester groups is 2. The third-order valence-corrected chi connectivity index (χ3v) is 18.7. The van der Waals surface area contributed by atoms with E-state index in [4.69, 9.17) is 37.0 Å². The third kappa shape index (κ3) is 74.0. The molecule has 0 aromatic heterocycles. The number of carbonyl (C=O) groups is 4. The number of aliphatic hydroxyl groups excluding tert-OH is 1. The van der Waals surface area contributed by atoms with Gasteiger partial charge in [0, 0.05) is 19.3 Å². The number of unbranched alkanes of at least 4 members (excludes halogenated alkanes) is 32. The Bertz CT molecular complexity index is 2360. The molecule has 0 aromatic carbocycles. The van der Waals surface area contributed by atoms with Gasteiger partial charge in [0.25, 0.3) is 0 Å². The molecule has 0 saturated carbocycles. The summed E-state index contributed by atoms with van der Waals surface area (Å²) < 4.78 is 68.4. The second-order valence-electron chi connectivity index (χ2n) is 26.6. The molecule has 0 rings (SSSR count). The molecular weight excluding hydrogens is 1330 g/mol. The van der Waals surface area contributed by atoms with Gasteiger partial charge in [-0.2, -0.15) is 0 Å². The molecule has 5 unspecified atom stereocenters. The Kier molecular flexibility index (Phi) is 71.8. The first-order valence-electron chi connectivity index (χ1n) is 40.1. The Labute approximate surface area is 619 Å². The first kappa shape index (κ1) is 97.7. The summed E-state index contributed by atoms with van der Waals surface area (Å²) in [4.78, 5) is 72.9. The highest BCUT2D eigenvalue weighted by molar-refractivity contribution is 7.47. The van der Waals surface area contributed by atoms with Crippen molar-refractivity contribution in [3.8, 4) is 0 Å². The lowest BCUT2D eigenvalue weighted by molar-refractivity contribution is -0.161. The third-order valence-electron chi connectivity index (χ3n) is 16.8. The van der Waals surface area contributed by atoms with Crippen LogP contribution in [0.2, 0.25) is 0 Å². The van der Waals surface area contributed by atoms with Crippen LogP contribution in [0.25, 0.3) is 0 Å². The van der Waals surface area contributed by atoms with E-state index in [0.29, 0.717) is 25.7 Å². The Morgan fingerprint density at radius 2 is 0.549 bits per heavy atom. The van der Waals surface area contributed by atoms with Gasteiger partial charge in [-0.05, 0) is 116 Å². The summed E-state index contributed by atoms with van der Waals surface area (Å²) in [7, 11) is -9.99. The number of rotatable bonds is 75. The van der Waals surface area contributed by atoms with Crippen LogP contribution < -0.4 is 0 Å². The minimum Gasteiger partial charge on any atom is -0.462 e. The van der Waals surface area contributed by atoms with Crippen LogP contribution >= 0.6 is 15.6 Å². The monoisotopic (exact) mass is 1470 g/mol. The van der Waals surface area contributed by atoms with Crippen molar-refractivity contribution in [2.75, 3.05) is 39.6 Å². The summed E-state index contributed by atoms with van der Waals surface area (Å²) in [5.41, 5.74) is 0. The molecule has 0 aliphatic heterocycles. The molecule has 0 aromatic rings. The Morgan fingerprint density at radius 3 is 0.912 bits per heavy atom. The minimum absolute atomic E-state index is 0.0841. The molecule has 0 spiro atoms. The molecule has 0 bridgehead atoms. The number of aliphatic hydroxyl groups is 1. The fraction of sp³-hybridized carbons (Fsp3) is 0.735. The largest absolute Gasteiger partial charge is 0.472 e. The number of hydrogen-bond donors (Lipinski definition) is 3. The molecule has 19 heteroatoms. The predicted octanol–water partition coefficient (Wildman–Crippen LogP) is 23.3. The summed E-state index contributed by atoms with van der Waals surface area (Å²) in [5, 5.41) is 10.6. The lowest BCUT2D eigenvalue weighted by Gasteiger charge is -2.21. The topological polar surface area (TPSA) is 237 Å². The van der Waals surface area contributed by atoms with E-state index in [1.807, 2.05) is 12.2 Å². The fourth-order valence-electron chi connectivity index (χ4n) is 10.7. The molecule has 0 radical (unpaired) electrons. The summed E-state index contributed by atoms with van der Waals surface area (Å²) in [5.74, 6) is -2.33. The summed E-state index contributed by atoms with van der Waals surface area (Å²) in [6, 6.07) is 0. The SMILES string of the molecule is CC/C=C\C/C=C\C/C=C\C/C=C\C/C=C\CC(=O)OC(COC(=O)CCCCCCCC/C=C\C/C=C\C/C=C\CCCCC)COP(=O)(O)OCC(O)COP(=O)(O)OCC(COC(=O)CCCCCCCCCCCCCCCCC)OC(=O)CCCCCCC/C=C\CCCCCC. The molecule has 0 fully saturated rings. The van der Waals surface area contributed by atoms with Crippen LogP contribution in [0.3, 0.4) is 0 Å². The van der Waals surface area contributed by atoms with Crippen LogP contribution in [0.1, 0.15) is 336 Å². The zero-order valence-electron chi connectivity index (χ0n) is 64.3. The zero-order valence-corrected chi connectivity index (χ0v) is 66.0. The number of ether oxygens (including phenoxy) is 4. The molecule has 0 heterocycles. The van der Waals surface area contributed by atoms with Crippen LogP contribution in [0.15, 0.2) is 109 Å². The van der Waals surface area contributed by atoms with Crippen LogP contribution in [-0.4, -0.2) is 96.7 Å². The second kappa shape index (κ2) is 75.0. The normalized spacial score (nSPS) is 14.5. The van der Waals surface area contributed by atoms with E-state index in [0.717, 1.165) is 141 Å². The van der Waals surface area contributed by atoms with Gasteiger partial charge in [-0.1, -0.05) is 304 Å². The first-order valence-corrected chi connectivity index (χ1v) is 43.1. The average Bonchev–Trinajstić information content (AvgIpc) is 0.907. The maximum absolute atomic E-state index is 13.1. The molecule has 0 aliphatic rings. The van der Waals surface area contributed by atoms with Crippen molar-refractivity contribution < 1.29 is 80.2 Å². The number of esters is 4. The van der Waals surface area contributed by atoms with Gasteiger partial charge in [-0.15, -0.1) is 0 Å². The lowest BCUT2D eigenvalue weighted by atomic mass is 10.0. The average molecular weight is 1480 g/mol. The minimum atomic E-state index is -5.00. The van der Waals surface area contributed by atoms with Gasteiger partial charge in [0.05, 0.1) is 32.8 Å². The molecule has 3 N–H and O–H groups in total. The first-order chi connectivity index (χ1) is 49.7. The van der Waals surface area contributed by atoms with Crippen molar-refractivity contribution in [1.29, 1.82) is 0 Å². The van der Waals surface area contributed by atoms with Crippen molar-refractivity contribution in [1.82, 2.24) is 0 Å².